The molecule has 1 saturated carbocycles. The fourth-order valence-corrected chi connectivity index (χ4v) is 2.31. The fourth-order valence-electron chi connectivity index (χ4n) is 2.31. The molecule has 0 aromatic rings. The van der Waals surface area contributed by atoms with Crippen molar-refractivity contribution in [1.82, 2.24) is 9.80 Å². The summed E-state index contributed by atoms with van der Waals surface area (Å²) in [6.07, 6.45) is -4.35. The van der Waals surface area contributed by atoms with Crippen molar-refractivity contribution in [3.63, 3.8) is 0 Å². The number of carbonyl (C=O) groups excluding carboxylic acids is 1. The fraction of sp³-hybridized carbons (Fsp3) is 0.917. The second kappa shape index (κ2) is 5.66. The van der Waals surface area contributed by atoms with Crippen LogP contribution in [0.25, 0.3) is 0 Å². The SMILES string of the molecule is O=C(C1CC1)N1CCCN(C[C@H](O)C(F)(F)F)CC1. The van der Waals surface area contributed by atoms with E-state index in [0.29, 0.717) is 32.6 Å². The van der Waals surface area contributed by atoms with Gasteiger partial charge in [-0.15, -0.1) is 0 Å². The molecule has 4 nitrogen and oxygen atoms in total. The van der Waals surface area contributed by atoms with Gasteiger partial charge in [0.1, 0.15) is 0 Å². The van der Waals surface area contributed by atoms with Crippen molar-refractivity contribution in [3.05, 3.63) is 0 Å². The minimum atomic E-state index is -4.57. The quantitative estimate of drug-likeness (QED) is 0.833. The van der Waals surface area contributed by atoms with Gasteiger partial charge >= 0.3 is 6.18 Å². The third-order valence-corrected chi connectivity index (χ3v) is 3.64. The molecule has 1 atom stereocenters. The van der Waals surface area contributed by atoms with Crippen LogP contribution in [0, 0.1) is 5.92 Å². The first-order chi connectivity index (χ1) is 8.88. The van der Waals surface area contributed by atoms with Crippen LogP contribution in [-0.2, 0) is 4.79 Å². The topological polar surface area (TPSA) is 43.8 Å². The molecule has 0 unspecified atom stereocenters. The summed E-state index contributed by atoms with van der Waals surface area (Å²) < 4.78 is 36.9. The van der Waals surface area contributed by atoms with Crippen molar-refractivity contribution in [2.45, 2.75) is 31.5 Å². The molecule has 1 aliphatic carbocycles. The number of nitrogens with zero attached hydrogens (tertiary/aromatic N) is 2. The van der Waals surface area contributed by atoms with Gasteiger partial charge in [-0.05, 0) is 19.3 Å². The highest BCUT2D eigenvalue weighted by atomic mass is 19.4. The van der Waals surface area contributed by atoms with E-state index in [2.05, 4.69) is 0 Å². The maximum Gasteiger partial charge on any atom is 0.415 e. The van der Waals surface area contributed by atoms with Gasteiger partial charge in [-0.25, -0.2) is 0 Å². The molecule has 0 aromatic carbocycles. The van der Waals surface area contributed by atoms with Gasteiger partial charge in [0.05, 0.1) is 0 Å². The number of β-amino-alcohol motifs (C(OH)–C–C–N with tert-alkyl or cyclic N) is 1. The van der Waals surface area contributed by atoms with E-state index < -0.39 is 18.8 Å². The van der Waals surface area contributed by atoms with Crippen LogP contribution in [0.1, 0.15) is 19.3 Å². The summed E-state index contributed by atoms with van der Waals surface area (Å²) in [5.74, 6) is 0.283. The molecule has 1 N–H and O–H groups in total. The van der Waals surface area contributed by atoms with E-state index in [1.807, 2.05) is 0 Å². The lowest BCUT2D eigenvalue weighted by Gasteiger charge is -2.25. The van der Waals surface area contributed by atoms with Crippen molar-refractivity contribution in [3.8, 4) is 0 Å². The zero-order valence-corrected chi connectivity index (χ0v) is 10.7. The van der Waals surface area contributed by atoms with Crippen molar-refractivity contribution in [2.75, 3.05) is 32.7 Å². The van der Waals surface area contributed by atoms with Gasteiger partial charge in [0.2, 0.25) is 5.91 Å². The van der Waals surface area contributed by atoms with Gasteiger partial charge in [0, 0.05) is 38.6 Å². The Balaban J connectivity index is 1.81. The van der Waals surface area contributed by atoms with Gasteiger partial charge in [0.25, 0.3) is 0 Å². The Kier molecular flexibility index (Phi) is 4.35. The minimum absolute atomic E-state index is 0.137. The van der Waals surface area contributed by atoms with E-state index in [1.165, 1.54) is 0 Å². The van der Waals surface area contributed by atoms with Crippen molar-refractivity contribution in [2.24, 2.45) is 5.92 Å². The standard InChI is InChI=1S/C12H19F3N2O2/c13-12(14,15)10(18)8-16-4-1-5-17(7-6-16)11(19)9-2-3-9/h9-10,18H,1-8H2/t10-/m0/s1. The number of aliphatic hydroxyl groups is 1. The number of alkyl halides is 3. The predicted molar refractivity (Wildman–Crippen MR) is 62.4 cm³/mol. The van der Waals surface area contributed by atoms with Crippen LogP contribution in [0.3, 0.4) is 0 Å². The highest BCUT2D eigenvalue weighted by Crippen LogP contribution is 2.31. The Morgan fingerprint density at radius 3 is 2.47 bits per heavy atom. The van der Waals surface area contributed by atoms with E-state index in [0.717, 1.165) is 12.8 Å². The number of amides is 1. The first-order valence-electron chi connectivity index (χ1n) is 6.64. The number of carbonyl (C=O) groups is 1. The van der Waals surface area contributed by atoms with Gasteiger partial charge in [-0.3, -0.25) is 9.69 Å². The van der Waals surface area contributed by atoms with E-state index >= 15 is 0 Å². The third-order valence-electron chi connectivity index (χ3n) is 3.64. The van der Waals surface area contributed by atoms with Crippen LogP contribution in [0.15, 0.2) is 0 Å². The Morgan fingerprint density at radius 2 is 1.89 bits per heavy atom. The maximum absolute atomic E-state index is 12.3. The van der Waals surface area contributed by atoms with E-state index in [9.17, 15) is 18.0 Å². The lowest BCUT2D eigenvalue weighted by molar-refractivity contribution is -0.208. The molecule has 2 rings (SSSR count). The van der Waals surface area contributed by atoms with Gasteiger partial charge < -0.3 is 10.0 Å². The first-order valence-corrected chi connectivity index (χ1v) is 6.64. The maximum atomic E-state index is 12.3. The summed E-state index contributed by atoms with van der Waals surface area (Å²) in [4.78, 5) is 15.2. The van der Waals surface area contributed by atoms with Crippen LogP contribution in [0.2, 0.25) is 0 Å². The molecule has 19 heavy (non-hydrogen) atoms. The number of halogens is 3. The molecule has 2 aliphatic rings. The third kappa shape index (κ3) is 4.07. The summed E-state index contributed by atoms with van der Waals surface area (Å²) in [7, 11) is 0. The number of hydrogen-bond acceptors (Lipinski definition) is 3. The van der Waals surface area contributed by atoms with E-state index in [-0.39, 0.29) is 11.8 Å². The molecule has 7 heteroatoms. The van der Waals surface area contributed by atoms with Crippen molar-refractivity contribution in [1.29, 1.82) is 0 Å². The van der Waals surface area contributed by atoms with Gasteiger partial charge in [0.15, 0.2) is 6.10 Å². The molecule has 1 aliphatic heterocycles. The molecule has 1 heterocycles. The normalized spacial score (nSPS) is 24.1. The van der Waals surface area contributed by atoms with Crippen molar-refractivity contribution >= 4 is 5.91 Å². The molecule has 1 amide bonds. The lowest BCUT2D eigenvalue weighted by atomic mass is 10.3. The summed E-state index contributed by atoms with van der Waals surface area (Å²) in [6.45, 7) is 1.54. The van der Waals surface area contributed by atoms with Crippen LogP contribution >= 0.6 is 0 Å². The molecule has 110 valence electrons. The molecule has 0 aromatic heterocycles. The Morgan fingerprint density at radius 1 is 1.21 bits per heavy atom. The Bertz CT molecular complexity index is 331. The second-order valence-corrected chi connectivity index (χ2v) is 5.31. The molecular weight excluding hydrogens is 261 g/mol. The Hall–Kier alpha value is -0.820. The summed E-state index contributed by atoms with van der Waals surface area (Å²) in [5.41, 5.74) is 0. The van der Waals surface area contributed by atoms with Gasteiger partial charge in [-0.2, -0.15) is 13.2 Å². The summed E-state index contributed by atoms with van der Waals surface area (Å²) in [6, 6.07) is 0. The number of rotatable bonds is 3. The van der Waals surface area contributed by atoms with Crippen molar-refractivity contribution < 1.29 is 23.1 Å². The average Bonchev–Trinajstić information content (AvgIpc) is 3.14. The summed E-state index contributed by atoms with van der Waals surface area (Å²) in [5, 5.41) is 9.06. The number of hydrogen-bond donors (Lipinski definition) is 1. The minimum Gasteiger partial charge on any atom is -0.382 e. The lowest BCUT2D eigenvalue weighted by Crippen LogP contribution is -2.43. The second-order valence-electron chi connectivity index (χ2n) is 5.31. The zero-order valence-electron chi connectivity index (χ0n) is 10.7. The largest absolute Gasteiger partial charge is 0.415 e. The predicted octanol–water partition coefficient (Wildman–Crippen LogP) is 0.854. The Labute approximate surface area is 110 Å². The smallest absolute Gasteiger partial charge is 0.382 e. The van der Waals surface area contributed by atoms with Crippen LogP contribution in [0.5, 0.6) is 0 Å². The van der Waals surface area contributed by atoms with Crippen LogP contribution in [0.4, 0.5) is 13.2 Å². The number of aliphatic hydroxyl groups excluding tert-OH is 1. The van der Waals surface area contributed by atoms with Gasteiger partial charge in [-0.1, -0.05) is 0 Å². The highest BCUT2D eigenvalue weighted by molar-refractivity contribution is 5.81. The summed E-state index contributed by atoms with van der Waals surface area (Å²) >= 11 is 0. The average molecular weight is 280 g/mol. The molecule has 1 saturated heterocycles. The molecule has 0 bridgehead atoms. The molecule has 2 fully saturated rings. The first kappa shape index (κ1) is 14.6. The van der Waals surface area contributed by atoms with Crippen LogP contribution in [-0.4, -0.2) is 65.8 Å². The zero-order chi connectivity index (χ0) is 14.0. The van der Waals surface area contributed by atoms with Crippen LogP contribution < -0.4 is 0 Å². The molecular formula is C12H19F3N2O2. The molecule has 0 spiro atoms. The van der Waals surface area contributed by atoms with E-state index in [4.69, 9.17) is 5.11 Å². The van der Waals surface area contributed by atoms with E-state index in [1.54, 1.807) is 9.80 Å². The molecule has 0 radical (unpaired) electrons. The monoisotopic (exact) mass is 280 g/mol. The highest BCUT2D eigenvalue weighted by Gasteiger charge is 2.39.